The van der Waals surface area contributed by atoms with Gasteiger partial charge in [0, 0.05) is 53.0 Å². The van der Waals surface area contributed by atoms with Crippen LogP contribution in [-0.2, 0) is 4.79 Å². The second kappa shape index (κ2) is 9.26. The number of piperazine rings is 1. The van der Waals surface area contributed by atoms with Crippen LogP contribution in [0.4, 0.5) is 5.82 Å². The van der Waals surface area contributed by atoms with Gasteiger partial charge in [-0.05, 0) is 31.9 Å². The number of nitrogens with zero attached hydrogens (tertiary/aromatic N) is 5. The zero-order chi connectivity index (χ0) is 20.0. The number of nitrogens with one attached hydrogen (secondary N) is 1. The predicted octanol–water partition coefficient (Wildman–Crippen LogP) is 1.82. The van der Waals surface area contributed by atoms with Crippen LogP contribution in [0.15, 0.2) is 29.4 Å². The van der Waals surface area contributed by atoms with Gasteiger partial charge in [0.2, 0.25) is 5.91 Å². The molecule has 3 rings (SSSR count). The van der Waals surface area contributed by atoms with E-state index < -0.39 is 0 Å². The topological polar surface area (TPSA) is 64.1 Å². The van der Waals surface area contributed by atoms with Gasteiger partial charge in [-0.15, -0.1) is 0 Å². The summed E-state index contributed by atoms with van der Waals surface area (Å²) in [5.41, 5.74) is -0.319. The maximum Gasteiger partial charge on any atom is 0.230 e. The van der Waals surface area contributed by atoms with Crippen molar-refractivity contribution in [2.75, 3.05) is 58.3 Å². The number of hydrogen-bond donors (Lipinski definition) is 1. The van der Waals surface area contributed by atoms with Crippen molar-refractivity contribution in [1.29, 1.82) is 0 Å². The first-order valence-corrected chi connectivity index (χ1v) is 10.5. The zero-order valence-electron chi connectivity index (χ0n) is 17.5. The number of hydrogen-bond acceptors (Lipinski definition) is 4. The number of aromatic nitrogens is 1. The van der Waals surface area contributed by atoms with Crippen LogP contribution in [0.3, 0.4) is 0 Å². The molecule has 1 aliphatic carbocycles. The number of carbonyl (C=O) groups excluding carboxylic acids is 1. The van der Waals surface area contributed by atoms with E-state index in [2.05, 4.69) is 33.1 Å². The maximum atomic E-state index is 12.8. The fraction of sp³-hybridized carbons (Fsp3) is 0.667. The van der Waals surface area contributed by atoms with Crippen LogP contribution in [0, 0.1) is 5.41 Å². The fourth-order valence-electron chi connectivity index (χ4n) is 4.31. The lowest BCUT2D eigenvalue weighted by atomic mass is 9.85. The predicted molar refractivity (Wildman–Crippen MR) is 114 cm³/mol. The van der Waals surface area contributed by atoms with Gasteiger partial charge in [-0.25, -0.2) is 4.98 Å². The number of pyridine rings is 1. The summed E-state index contributed by atoms with van der Waals surface area (Å²) in [6, 6.07) is 6.04. The highest BCUT2D eigenvalue weighted by molar-refractivity contribution is 5.84. The summed E-state index contributed by atoms with van der Waals surface area (Å²) in [5.74, 6) is 2.19. The third-order valence-corrected chi connectivity index (χ3v) is 5.84. The lowest BCUT2D eigenvalue weighted by Gasteiger charge is -2.37. The molecule has 2 aliphatic rings. The van der Waals surface area contributed by atoms with Gasteiger partial charge in [0.25, 0.3) is 0 Å². The molecule has 0 radical (unpaired) electrons. The standard InChI is InChI=1S/C21H34N6O/c1-4-22-20(24-17-21(10-6-7-11-21)19(28)25(2)3)27-15-13-26(14-16-27)18-9-5-8-12-23-18/h5,8-9,12H,4,6-7,10-11,13-17H2,1-3H3,(H,22,24). The molecule has 1 saturated heterocycles. The number of aliphatic imine (C=N–C) groups is 1. The molecule has 1 aromatic rings. The van der Waals surface area contributed by atoms with Crippen LogP contribution in [0.2, 0.25) is 0 Å². The molecule has 7 nitrogen and oxygen atoms in total. The summed E-state index contributed by atoms with van der Waals surface area (Å²) in [5, 5.41) is 3.43. The van der Waals surface area contributed by atoms with Crippen molar-refractivity contribution in [3.8, 4) is 0 Å². The Labute approximate surface area is 168 Å². The lowest BCUT2D eigenvalue weighted by Crippen LogP contribution is -2.53. The van der Waals surface area contributed by atoms with E-state index in [-0.39, 0.29) is 11.3 Å². The molecule has 1 saturated carbocycles. The monoisotopic (exact) mass is 386 g/mol. The van der Waals surface area contributed by atoms with Crippen LogP contribution in [0.5, 0.6) is 0 Å². The normalized spacial score (nSPS) is 19.6. The zero-order valence-corrected chi connectivity index (χ0v) is 17.5. The van der Waals surface area contributed by atoms with E-state index in [4.69, 9.17) is 4.99 Å². The van der Waals surface area contributed by atoms with Gasteiger partial charge in [-0.2, -0.15) is 0 Å². The largest absolute Gasteiger partial charge is 0.357 e. The van der Waals surface area contributed by atoms with Crippen LogP contribution in [0.25, 0.3) is 0 Å². The Hall–Kier alpha value is -2.31. The summed E-state index contributed by atoms with van der Waals surface area (Å²) < 4.78 is 0. The molecule has 0 aromatic carbocycles. The molecule has 0 unspecified atom stereocenters. The second-order valence-corrected chi connectivity index (χ2v) is 8.02. The average Bonchev–Trinajstić information content (AvgIpc) is 3.21. The minimum Gasteiger partial charge on any atom is -0.357 e. The van der Waals surface area contributed by atoms with Gasteiger partial charge in [0.1, 0.15) is 5.82 Å². The number of guanidine groups is 1. The second-order valence-electron chi connectivity index (χ2n) is 8.02. The van der Waals surface area contributed by atoms with Gasteiger partial charge in [-0.3, -0.25) is 9.79 Å². The number of carbonyl (C=O) groups is 1. The Kier molecular flexibility index (Phi) is 6.75. The molecule has 1 aromatic heterocycles. The van der Waals surface area contributed by atoms with E-state index in [0.717, 1.165) is 70.2 Å². The van der Waals surface area contributed by atoms with Gasteiger partial charge in [0.15, 0.2) is 5.96 Å². The van der Waals surface area contributed by atoms with E-state index in [1.165, 1.54) is 0 Å². The van der Waals surface area contributed by atoms with Crippen molar-refractivity contribution in [1.82, 2.24) is 20.1 Å². The molecule has 0 atom stereocenters. The average molecular weight is 387 g/mol. The Bertz CT molecular complexity index is 661. The molecule has 28 heavy (non-hydrogen) atoms. The smallest absolute Gasteiger partial charge is 0.230 e. The number of rotatable bonds is 5. The van der Waals surface area contributed by atoms with Crippen molar-refractivity contribution in [3.63, 3.8) is 0 Å². The molecule has 7 heteroatoms. The molecular formula is C21H34N6O. The van der Waals surface area contributed by atoms with Crippen molar-refractivity contribution in [2.24, 2.45) is 10.4 Å². The van der Waals surface area contributed by atoms with Crippen molar-refractivity contribution < 1.29 is 4.79 Å². The highest BCUT2D eigenvalue weighted by Crippen LogP contribution is 2.39. The summed E-state index contributed by atoms with van der Waals surface area (Å²) in [4.78, 5) is 28.6. The maximum absolute atomic E-state index is 12.8. The molecule has 1 N–H and O–H groups in total. The van der Waals surface area contributed by atoms with Crippen molar-refractivity contribution >= 4 is 17.7 Å². The summed E-state index contributed by atoms with van der Waals surface area (Å²) >= 11 is 0. The number of anilines is 1. The Morgan fingerprint density at radius 1 is 1.21 bits per heavy atom. The Morgan fingerprint density at radius 3 is 2.50 bits per heavy atom. The molecule has 0 spiro atoms. The highest BCUT2D eigenvalue weighted by Gasteiger charge is 2.42. The summed E-state index contributed by atoms with van der Waals surface area (Å²) in [6.07, 6.45) is 5.97. The molecule has 154 valence electrons. The van der Waals surface area contributed by atoms with Crippen molar-refractivity contribution in [3.05, 3.63) is 24.4 Å². The fourth-order valence-corrected chi connectivity index (χ4v) is 4.31. The lowest BCUT2D eigenvalue weighted by molar-refractivity contribution is -0.138. The third-order valence-electron chi connectivity index (χ3n) is 5.84. The minimum absolute atomic E-state index is 0.226. The van der Waals surface area contributed by atoms with E-state index in [1.54, 1.807) is 4.90 Å². The molecule has 2 fully saturated rings. The van der Waals surface area contributed by atoms with Gasteiger partial charge < -0.3 is 20.0 Å². The van der Waals surface area contributed by atoms with Crippen LogP contribution in [-0.4, -0.2) is 80.0 Å². The number of amides is 1. The Balaban J connectivity index is 1.67. The third kappa shape index (κ3) is 4.56. The molecular weight excluding hydrogens is 352 g/mol. The van der Waals surface area contributed by atoms with Gasteiger partial charge in [-0.1, -0.05) is 18.9 Å². The molecule has 1 aliphatic heterocycles. The van der Waals surface area contributed by atoms with Crippen LogP contribution < -0.4 is 10.2 Å². The molecule has 2 heterocycles. The van der Waals surface area contributed by atoms with Gasteiger partial charge >= 0.3 is 0 Å². The first-order chi connectivity index (χ1) is 13.6. The van der Waals surface area contributed by atoms with E-state index in [0.29, 0.717) is 6.54 Å². The molecule has 0 bridgehead atoms. The summed E-state index contributed by atoms with van der Waals surface area (Å²) in [7, 11) is 3.71. The minimum atomic E-state index is -0.319. The van der Waals surface area contributed by atoms with Gasteiger partial charge in [0.05, 0.1) is 12.0 Å². The quantitative estimate of drug-likeness (QED) is 0.618. The van der Waals surface area contributed by atoms with Crippen molar-refractivity contribution in [2.45, 2.75) is 32.6 Å². The first kappa shape index (κ1) is 20.4. The van der Waals surface area contributed by atoms with Crippen LogP contribution in [0.1, 0.15) is 32.6 Å². The SMILES string of the molecule is CCNC(=NCC1(C(=O)N(C)C)CCCC1)N1CCN(c2ccccn2)CC1. The first-order valence-electron chi connectivity index (χ1n) is 10.5. The van der Waals surface area contributed by atoms with E-state index in [9.17, 15) is 4.79 Å². The van der Waals surface area contributed by atoms with Crippen LogP contribution >= 0.6 is 0 Å². The highest BCUT2D eigenvalue weighted by atomic mass is 16.2. The van der Waals surface area contributed by atoms with E-state index >= 15 is 0 Å². The van der Waals surface area contributed by atoms with E-state index in [1.807, 2.05) is 32.4 Å². The molecule has 1 amide bonds. The Morgan fingerprint density at radius 2 is 1.93 bits per heavy atom. The summed E-state index contributed by atoms with van der Waals surface area (Å²) in [6.45, 7) is 7.14.